The second-order valence-corrected chi connectivity index (χ2v) is 9.12. The molecule has 0 N–H and O–H groups in total. The van der Waals surface area contributed by atoms with Gasteiger partial charge in [-0.3, -0.25) is 0 Å². The van der Waals surface area contributed by atoms with E-state index in [9.17, 15) is 0 Å². The molecule has 3 heterocycles. The van der Waals surface area contributed by atoms with E-state index in [0.717, 1.165) is 0 Å². The Bertz CT molecular complexity index is 1020. The Kier molecular flexibility index (Phi) is 5.68. The summed E-state index contributed by atoms with van der Waals surface area (Å²) in [5, 5.41) is 2.66. The van der Waals surface area contributed by atoms with Gasteiger partial charge in [-0.05, 0) is 32.4 Å². The van der Waals surface area contributed by atoms with Gasteiger partial charge >= 0.3 is 0 Å². The van der Waals surface area contributed by atoms with Gasteiger partial charge in [0, 0.05) is 41.3 Å². The first kappa shape index (κ1) is 20.0. The summed E-state index contributed by atoms with van der Waals surface area (Å²) in [6, 6.07) is 8.70. The van der Waals surface area contributed by atoms with Crippen molar-refractivity contribution in [2.24, 2.45) is 7.05 Å². The van der Waals surface area contributed by atoms with Crippen LogP contribution in [-0.4, -0.2) is 7.05 Å². The van der Waals surface area contributed by atoms with E-state index in [1.165, 1.54) is 53.1 Å². The zero-order valence-corrected chi connectivity index (χ0v) is 19.2. The van der Waals surface area contributed by atoms with Gasteiger partial charge in [0.1, 0.15) is 7.05 Å². The molecule has 27 heavy (non-hydrogen) atoms. The molecule has 0 saturated carbocycles. The first-order chi connectivity index (χ1) is 12.9. The molecule has 0 radical (unpaired) electrons. The molecule has 0 amide bonds. The molecule has 0 fully saturated rings. The van der Waals surface area contributed by atoms with Crippen molar-refractivity contribution in [3.05, 3.63) is 57.4 Å². The molecule has 0 aliphatic carbocycles. The van der Waals surface area contributed by atoms with Gasteiger partial charge in [-0.2, -0.15) is 4.57 Å². The number of aromatic nitrogens is 1. The molecular weight excluding hydrogens is 368 g/mol. The van der Waals surface area contributed by atoms with Crippen molar-refractivity contribution in [2.75, 3.05) is 11.9 Å². The van der Waals surface area contributed by atoms with Gasteiger partial charge in [0.25, 0.3) is 0 Å². The number of rotatable bonds is 1. The quantitative estimate of drug-likeness (QED) is 0.431. The van der Waals surface area contributed by atoms with Crippen molar-refractivity contribution in [1.29, 1.82) is 0 Å². The predicted octanol–water partition coefficient (Wildman–Crippen LogP) is 6.53. The van der Waals surface area contributed by atoms with Crippen LogP contribution in [0.5, 0.6) is 0 Å². The molecule has 142 valence electrons. The van der Waals surface area contributed by atoms with Crippen LogP contribution in [0.3, 0.4) is 0 Å². The fraction of sp³-hybridized carbons (Fsp3) is 0.348. The first-order valence-corrected chi connectivity index (χ1v) is 11.1. The van der Waals surface area contributed by atoms with Crippen LogP contribution in [0.15, 0.2) is 33.5 Å². The van der Waals surface area contributed by atoms with Gasteiger partial charge < -0.3 is 4.90 Å². The van der Waals surface area contributed by atoms with E-state index < -0.39 is 0 Å². The molecule has 4 heteroatoms. The van der Waals surface area contributed by atoms with Crippen LogP contribution in [0.2, 0.25) is 0 Å². The molecule has 0 atom stereocenters. The van der Waals surface area contributed by atoms with Gasteiger partial charge in [0.05, 0.1) is 14.9 Å². The highest BCUT2D eigenvalue weighted by atomic mass is 32.2. The summed E-state index contributed by atoms with van der Waals surface area (Å²) in [5.74, 6) is 0. The largest absolute Gasteiger partial charge is 0.337 e. The first-order valence-electron chi connectivity index (χ1n) is 9.51. The number of fused-ring (bicyclic) bond motifs is 3. The van der Waals surface area contributed by atoms with Crippen LogP contribution >= 0.6 is 23.1 Å². The highest BCUT2D eigenvalue weighted by Crippen LogP contribution is 2.53. The minimum Gasteiger partial charge on any atom is -0.337 e. The molecule has 0 saturated heterocycles. The molecule has 0 bridgehead atoms. The zero-order valence-electron chi connectivity index (χ0n) is 17.6. The second kappa shape index (κ2) is 7.69. The number of pyridine rings is 1. The lowest BCUT2D eigenvalue weighted by Gasteiger charge is -2.15. The van der Waals surface area contributed by atoms with E-state index in [1.54, 1.807) is 0 Å². The Morgan fingerprint density at radius 1 is 0.963 bits per heavy atom. The number of thioether (sulfide) groups is 1. The minimum atomic E-state index is 1.30. The van der Waals surface area contributed by atoms with Crippen LogP contribution < -0.4 is 9.47 Å². The van der Waals surface area contributed by atoms with Gasteiger partial charge in [-0.25, -0.2) is 0 Å². The molecule has 0 unspecified atom stereocenters. The van der Waals surface area contributed by atoms with Crippen LogP contribution in [0.25, 0.3) is 16.2 Å². The molecule has 3 aromatic rings. The van der Waals surface area contributed by atoms with Crippen molar-refractivity contribution in [3.63, 3.8) is 0 Å². The molecule has 1 aliphatic heterocycles. The van der Waals surface area contributed by atoms with E-state index in [1.807, 2.05) is 36.9 Å². The lowest BCUT2D eigenvalue weighted by Crippen LogP contribution is -2.38. The van der Waals surface area contributed by atoms with Crippen molar-refractivity contribution < 1.29 is 4.57 Å². The van der Waals surface area contributed by atoms with Gasteiger partial charge in [-0.1, -0.05) is 43.8 Å². The molecule has 4 rings (SSSR count). The van der Waals surface area contributed by atoms with Crippen LogP contribution in [-0.2, 0) is 7.05 Å². The van der Waals surface area contributed by atoms with E-state index in [-0.39, 0.29) is 0 Å². The third kappa shape index (κ3) is 3.19. The maximum Gasteiger partial charge on any atom is 0.211 e. The molecule has 0 spiro atoms. The smallest absolute Gasteiger partial charge is 0.211 e. The van der Waals surface area contributed by atoms with Crippen molar-refractivity contribution in [2.45, 2.75) is 45.8 Å². The molecule has 2 aromatic heterocycles. The third-order valence-electron chi connectivity index (χ3n) is 5.58. The molecule has 1 aliphatic rings. The number of benzene rings is 1. The lowest BCUT2D eigenvalue weighted by atomic mass is 10.0. The molecule has 1 aromatic carbocycles. The monoisotopic (exact) mass is 397 g/mol. The average molecular weight is 398 g/mol. The van der Waals surface area contributed by atoms with Crippen LogP contribution in [0.4, 0.5) is 5.69 Å². The molecule has 2 nitrogen and oxygen atoms in total. The Balaban J connectivity index is 0.00000102. The van der Waals surface area contributed by atoms with Gasteiger partial charge in [0.2, 0.25) is 5.69 Å². The zero-order chi connectivity index (χ0) is 19.9. The summed E-state index contributed by atoms with van der Waals surface area (Å²) < 4.78 is 5.09. The Morgan fingerprint density at radius 3 is 2.33 bits per heavy atom. The maximum atomic E-state index is 2.35. The van der Waals surface area contributed by atoms with E-state index >= 15 is 0 Å². The maximum absolute atomic E-state index is 2.35. The second-order valence-electron chi connectivity index (χ2n) is 6.78. The van der Waals surface area contributed by atoms with E-state index in [2.05, 4.69) is 81.6 Å². The fourth-order valence-electron chi connectivity index (χ4n) is 3.55. The number of anilines is 1. The predicted molar refractivity (Wildman–Crippen MR) is 122 cm³/mol. The Labute approximate surface area is 171 Å². The summed E-state index contributed by atoms with van der Waals surface area (Å²) in [5.41, 5.74) is 8.15. The topological polar surface area (TPSA) is 7.12 Å². The minimum absolute atomic E-state index is 1.30. The fourth-order valence-corrected chi connectivity index (χ4v) is 6.14. The highest BCUT2D eigenvalue weighted by Gasteiger charge is 2.28. The summed E-state index contributed by atoms with van der Waals surface area (Å²) >= 11 is 3.79. The third-order valence-corrected chi connectivity index (χ3v) is 8.01. The summed E-state index contributed by atoms with van der Waals surface area (Å²) in [6.07, 6.45) is 2.35. The van der Waals surface area contributed by atoms with Crippen LogP contribution in [0.1, 0.15) is 41.9 Å². The standard InChI is InChI=1S/C21H23N2S2.C2H6/c1-12-13(2)15(4)22(5)17(14(12)3)11-19-23(6)20-16-9-7-8-10-18(16)24-21(20)25-19;1-2/h7-11H,1-6H3;1-2H3/q+1;. The highest BCUT2D eigenvalue weighted by molar-refractivity contribution is 8.05. The van der Waals surface area contributed by atoms with E-state index in [4.69, 9.17) is 0 Å². The van der Waals surface area contributed by atoms with Crippen molar-refractivity contribution in [3.8, 4) is 0 Å². The number of hydrogen-bond donors (Lipinski definition) is 0. The van der Waals surface area contributed by atoms with Crippen molar-refractivity contribution in [1.82, 2.24) is 0 Å². The lowest BCUT2D eigenvalue weighted by molar-refractivity contribution is -0.680. The van der Waals surface area contributed by atoms with E-state index in [0.29, 0.717) is 0 Å². The number of nitrogens with zero attached hydrogens (tertiary/aromatic N) is 2. The average Bonchev–Trinajstić information content (AvgIpc) is 3.20. The molecular formula is C23H29N2S2+. The number of thiophene rings is 1. The summed E-state index contributed by atoms with van der Waals surface area (Å²) in [6.45, 7) is 12.9. The van der Waals surface area contributed by atoms with Crippen molar-refractivity contribution >= 4 is 44.9 Å². The Morgan fingerprint density at radius 2 is 1.63 bits per heavy atom. The Hall–Kier alpha value is -1.78. The normalized spacial score (nSPS) is 14.5. The van der Waals surface area contributed by atoms with Crippen LogP contribution in [0, 0.1) is 27.7 Å². The SMILES string of the molecule is CC.Cc1c(C)c(C)[n+](C)c(/C=C2\Sc3sc4ccccc4c3N2C)c1C. The summed E-state index contributed by atoms with van der Waals surface area (Å²) in [4.78, 5) is 2.35. The number of hydrogen-bond acceptors (Lipinski definition) is 3. The summed E-state index contributed by atoms with van der Waals surface area (Å²) in [7, 11) is 4.36. The van der Waals surface area contributed by atoms with Gasteiger partial charge in [-0.15, -0.1) is 11.3 Å². The van der Waals surface area contributed by atoms with Gasteiger partial charge in [0.15, 0.2) is 5.69 Å².